The second-order valence-electron chi connectivity index (χ2n) is 8.94. The molecule has 1 heterocycles. The molecule has 0 aliphatic carbocycles. The van der Waals surface area contributed by atoms with Gasteiger partial charge in [-0.3, -0.25) is 19.0 Å². The first-order valence-corrected chi connectivity index (χ1v) is 12.7. The Balaban J connectivity index is 1.57. The fourth-order valence-corrected chi connectivity index (χ4v) is 4.43. The number of carbonyl (C=O) groups is 3. The minimum Gasteiger partial charge on any atom is -0.497 e. The van der Waals surface area contributed by atoms with Crippen molar-refractivity contribution in [3.63, 3.8) is 0 Å². The van der Waals surface area contributed by atoms with Crippen LogP contribution in [0.2, 0.25) is 5.02 Å². The molecule has 3 aromatic carbocycles. The molecule has 4 aromatic rings. The number of anilines is 1. The monoisotopic (exact) mass is 532 g/mol. The molecular formula is C30H29ClN2O5. The van der Waals surface area contributed by atoms with E-state index in [2.05, 4.69) is 12.2 Å². The lowest BCUT2D eigenvalue weighted by Gasteiger charge is -2.14. The average Bonchev–Trinajstić information content (AvgIpc) is 3.19. The Morgan fingerprint density at radius 3 is 2.32 bits per heavy atom. The normalized spacial score (nSPS) is 11.7. The first kappa shape index (κ1) is 26.9. The number of fused-ring (bicyclic) bond motifs is 1. The molecule has 0 bridgehead atoms. The standard InChI is InChI=1S/C30H29ClN2O5/c1-5-20-6-12-23(13-7-20)32-29(35)19(3)38-28(34)17-25-18(2)33(27-15-14-24(37-4)16-26(25)27)30(36)21-8-10-22(31)11-9-21/h6-16,19H,5,17H2,1-4H3,(H,32,35)/t19-/m1/s1. The summed E-state index contributed by atoms with van der Waals surface area (Å²) in [6, 6.07) is 19.4. The van der Waals surface area contributed by atoms with Crippen molar-refractivity contribution in [3.05, 3.63) is 94.1 Å². The summed E-state index contributed by atoms with van der Waals surface area (Å²) in [6.07, 6.45) is -0.235. The van der Waals surface area contributed by atoms with Gasteiger partial charge in [0.15, 0.2) is 6.10 Å². The Labute approximate surface area is 226 Å². The highest BCUT2D eigenvalue weighted by atomic mass is 35.5. The summed E-state index contributed by atoms with van der Waals surface area (Å²) in [5, 5.41) is 3.99. The second-order valence-corrected chi connectivity index (χ2v) is 9.38. The summed E-state index contributed by atoms with van der Waals surface area (Å²) >= 11 is 5.99. The zero-order valence-corrected chi connectivity index (χ0v) is 22.5. The third-order valence-electron chi connectivity index (χ3n) is 6.46. The van der Waals surface area contributed by atoms with Crippen LogP contribution in [-0.4, -0.2) is 35.6 Å². The van der Waals surface area contributed by atoms with Gasteiger partial charge in [-0.1, -0.05) is 30.7 Å². The molecule has 0 spiro atoms. The molecule has 196 valence electrons. The Morgan fingerprint density at radius 2 is 1.68 bits per heavy atom. The van der Waals surface area contributed by atoms with Crippen LogP contribution in [0.1, 0.15) is 41.0 Å². The van der Waals surface area contributed by atoms with Gasteiger partial charge in [0, 0.05) is 27.4 Å². The smallest absolute Gasteiger partial charge is 0.311 e. The predicted octanol–water partition coefficient (Wildman–Crippen LogP) is 5.98. The number of carbonyl (C=O) groups excluding carboxylic acids is 3. The maximum atomic E-state index is 13.4. The molecule has 0 saturated heterocycles. The molecule has 0 fully saturated rings. The topological polar surface area (TPSA) is 86.6 Å². The Kier molecular flexibility index (Phi) is 8.17. The Bertz CT molecular complexity index is 1490. The molecule has 38 heavy (non-hydrogen) atoms. The van der Waals surface area contributed by atoms with Gasteiger partial charge < -0.3 is 14.8 Å². The highest BCUT2D eigenvalue weighted by Gasteiger charge is 2.24. The van der Waals surface area contributed by atoms with Gasteiger partial charge in [0.05, 0.1) is 19.0 Å². The minimum atomic E-state index is -1.01. The molecular weight excluding hydrogens is 504 g/mol. The summed E-state index contributed by atoms with van der Waals surface area (Å²) in [6.45, 7) is 5.35. The Hall–Kier alpha value is -4.10. The summed E-state index contributed by atoms with van der Waals surface area (Å²) in [7, 11) is 1.55. The molecule has 1 amide bonds. The van der Waals surface area contributed by atoms with E-state index in [1.54, 1.807) is 61.1 Å². The van der Waals surface area contributed by atoms with Gasteiger partial charge in [0.2, 0.25) is 0 Å². The number of ether oxygens (including phenoxy) is 2. The van der Waals surface area contributed by atoms with E-state index in [0.717, 1.165) is 12.0 Å². The molecule has 7 nitrogen and oxygen atoms in total. The van der Waals surface area contributed by atoms with Crippen LogP contribution >= 0.6 is 11.6 Å². The van der Waals surface area contributed by atoms with Crippen molar-refractivity contribution in [1.29, 1.82) is 0 Å². The van der Waals surface area contributed by atoms with Gasteiger partial charge in [-0.05, 0) is 86.0 Å². The SMILES string of the molecule is CCc1ccc(NC(=O)[C@@H](C)OC(=O)Cc2c(C)n(C(=O)c3ccc(Cl)cc3)c3ccc(OC)cc23)cc1. The molecule has 4 rings (SSSR count). The molecule has 1 N–H and O–H groups in total. The number of amides is 1. The van der Waals surface area contributed by atoms with E-state index < -0.39 is 18.0 Å². The molecule has 1 atom stereocenters. The van der Waals surface area contributed by atoms with Gasteiger partial charge in [-0.2, -0.15) is 0 Å². The minimum absolute atomic E-state index is 0.126. The van der Waals surface area contributed by atoms with Crippen molar-refractivity contribution in [2.75, 3.05) is 12.4 Å². The van der Waals surface area contributed by atoms with E-state index in [0.29, 0.717) is 44.2 Å². The molecule has 0 aliphatic rings. The van der Waals surface area contributed by atoms with Crippen LogP contribution in [0.5, 0.6) is 5.75 Å². The van der Waals surface area contributed by atoms with Crippen molar-refractivity contribution in [1.82, 2.24) is 4.57 Å². The number of hydrogen-bond donors (Lipinski definition) is 1. The van der Waals surface area contributed by atoms with Crippen molar-refractivity contribution in [2.45, 2.75) is 39.7 Å². The number of hydrogen-bond acceptors (Lipinski definition) is 5. The summed E-state index contributed by atoms with van der Waals surface area (Å²) in [5.41, 5.74) is 4.08. The number of nitrogens with zero attached hydrogens (tertiary/aromatic N) is 1. The predicted molar refractivity (Wildman–Crippen MR) is 148 cm³/mol. The molecule has 0 aliphatic heterocycles. The molecule has 8 heteroatoms. The summed E-state index contributed by atoms with van der Waals surface area (Å²) < 4.78 is 12.4. The zero-order valence-electron chi connectivity index (χ0n) is 21.7. The third-order valence-corrected chi connectivity index (χ3v) is 6.72. The van der Waals surface area contributed by atoms with Gasteiger partial charge >= 0.3 is 5.97 Å². The number of aryl methyl sites for hydroxylation is 1. The number of esters is 1. The maximum Gasteiger partial charge on any atom is 0.311 e. The van der Waals surface area contributed by atoms with Crippen LogP contribution in [0.3, 0.4) is 0 Å². The number of benzene rings is 3. The fraction of sp³-hybridized carbons (Fsp3) is 0.233. The average molecular weight is 533 g/mol. The number of aromatic nitrogens is 1. The zero-order chi connectivity index (χ0) is 27.4. The summed E-state index contributed by atoms with van der Waals surface area (Å²) in [5.74, 6) is -0.680. The van der Waals surface area contributed by atoms with Gasteiger partial charge in [0.1, 0.15) is 5.75 Å². The van der Waals surface area contributed by atoms with Crippen molar-refractivity contribution in [3.8, 4) is 5.75 Å². The number of methoxy groups -OCH3 is 1. The third kappa shape index (κ3) is 5.73. The quantitative estimate of drug-likeness (QED) is 0.282. The van der Waals surface area contributed by atoms with E-state index in [-0.39, 0.29) is 12.3 Å². The lowest BCUT2D eigenvalue weighted by atomic mass is 10.1. The van der Waals surface area contributed by atoms with Crippen LogP contribution in [-0.2, 0) is 27.2 Å². The molecule has 0 radical (unpaired) electrons. The lowest BCUT2D eigenvalue weighted by Crippen LogP contribution is -2.30. The van der Waals surface area contributed by atoms with Crippen LogP contribution in [0.25, 0.3) is 10.9 Å². The number of nitrogens with one attached hydrogen (secondary N) is 1. The van der Waals surface area contributed by atoms with Gasteiger partial charge in [-0.25, -0.2) is 0 Å². The van der Waals surface area contributed by atoms with E-state index in [1.165, 1.54) is 6.92 Å². The van der Waals surface area contributed by atoms with Gasteiger partial charge in [0.25, 0.3) is 11.8 Å². The summed E-state index contributed by atoms with van der Waals surface area (Å²) in [4.78, 5) is 39.0. The first-order valence-electron chi connectivity index (χ1n) is 12.3. The molecule has 0 saturated carbocycles. The van der Waals surface area contributed by atoms with Crippen LogP contribution in [0.4, 0.5) is 5.69 Å². The highest BCUT2D eigenvalue weighted by molar-refractivity contribution is 6.30. The number of halogens is 1. The van der Waals surface area contributed by atoms with Crippen molar-refractivity contribution >= 4 is 46.0 Å². The van der Waals surface area contributed by atoms with E-state index in [9.17, 15) is 14.4 Å². The molecule has 0 unspecified atom stereocenters. The maximum absolute atomic E-state index is 13.4. The highest BCUT2D eigenvalue weighted by Crippen LogP contribution is 2.31. The Morgan fingerprint density at radius 1 is 1.00 bits per heavy atom. The van der Waals surface area contributed by atoms with E-state index >= 15 is 0 Å². The number of rotatable bonds is 8. The first-order chi connectivity index (χ1) is 18.2. The van der Waals surface area contributed by atoms with Crippen LogP contribution < -0.4 is 10.1 Å². The van der Waals surface area contributed by atoms with Crippen LogP contribution in [0.15, 0.2) is 66.7 Å². The van der Waals surface area contributed by atoms with Crippen molar-refractivity contribution < 1.29 is 23.9 Å². The fourth-order valence-electron chi connectivity index (χ4n) is 4.30. The van der Waals surface area contributed by atoms with Gasteiger partial charge in [-0.15, -0.1) is 0 Å². The van der Waals surface area contributed by atoms with E-state index in [1.807, 2.05) is 24.3 Å². The second kappa shape index (κ2) is 11.5. The van der Waals surface area contributed by atoms with E-state index in [4.69, 9.17) is 21.1 Å². The molecule has 1 aromatic heterocycles. The lowest BCUT2D eigenvalue weighted by molar-refractivity contribution is -0.152. The van der Waals surface area contributed by atoms with Crippen molar-refractivity contribution in [2.24, 2.45) is 0 Å². The largest absolute Gasteiger partial charge is 0.497 e. The van der Waals surface area contributed by atoms with Crippen LogP contribution in [0, 0.1) is 6.92 Å².